The van der Waals surface area contributed by atoms with Crippen LogP contribution in [0.2, 0.25) is 0 Å². The van der Waals surface area contributed by atoms with Crippen molar-refractivity contribution in [3.8, 4) is 0 Å². The molecule has 1 unspecified atom stereocenters. The third-order valence-electron chi connectivity index (χ3n) is 4.16. The molecule has 2 aromatic rings. The maximum Gasteiger partial charge on any atom is 0.123 e. The summed E-state index contributed by atoms with van der Waals surface area (Å²) in [5, 5.41) is 13.1. The van der Waals surface area contributed by atoms with E-state index in [2.05, 4.69) is 17.4 Å². The summed E-state index contributed by atoms with van der Waals surface area (Å²) in [6, 6.07) is 15.4. The smallest absolute Gasteiger partial charge is 0.123 e. The highest BCUT2D eigenvalue weighted by atomic mass is 19.1. The molecule has 3 heteroatoms. The third kappa shape index (κ3) is 3.31. The lowest BCUT2D eigenvalue weighted by Crippen LogP contribution is -2.36. The summed E-state index contributed by atoms with van der Waals surface area (Å²) in [7, 11) is 0. The van der Waals surface area contributed by atoms with Gasteiger partial charge in [0.15, 0.2) is 0 Å². The molecule has 0 spiro atoms. The molecule has 0 amide bonds. The van der Waals surface area contributed by atoms with Gasteiger partial charge in [-0.15, -0.1) is 0 Å². The van der Waals surface area contributed by atoms with E-state index >= 15 is 0 Å². The summed E-state index contributed by atoms with van der Waals surface area (Å²) in [5.41, 5.74) is 3.47. The minimum atomic E-state index is -0.169. The Bertz CT molecular complexity index is 599. The summed E-state index contributed by atoms with van der Waals surface area (Å²) in [4.78, 5) is 0. The Morgan fingerprint density at radius 2 is 2.00 bits per heavy atom. The molecule has 2 nitrogen and oxygen atoms in total. The van der Waals surface area contributed by atoms with Crippen molar-refractivity contribution < 1.29 is 9.50 Å². The number of benzene rings is 2. The van der Waals surface area contributed by atoms with Crippen LogP contribution in [0.25, 0.3) is 0 Å². The molecule has 0 fully saturated rings. The highest BCUT2D eigenvalue weighted by Gasteiger charge is 2.24. The Morgan fingerprint density at radius 3 is 2.76 bits per heavy atom. The fraction of sp³-hybridized carbons (Fsp3) is 0.333. The van der Waals surface area contributed by atoms with Crippen LogP contribution in [0, 0.1) is 5.82 Å². The Kier molecular flexibility index (Phi) is 4.32. The van der Waals surface area contributed by atoms with Gasteiger partial charge in [-0.1, -0.05) is 36.4 Å². The minimum absolute atomic E-state index is 0.0217. The molecule has 0 radical (unpaired) electrons. The van der Waals surface area contributed by atoms with E-state index in [1.807, 2.05) is 24.3 Å². The van der Waals surface area contributed by atoms with Crippen LogP contribution in [-0.2, 0) is 12.8 Å². The zero-order valence-electron chi connectivity index (χ0n) is 11.9. The first-order chi connectivity index (χ1) is 10.3. The van der Waals surface area contributed by atoms with Gasteiger partial charge in [0, 0.05) is 12.1 Å². The van der Waals surface area contributed by atoms with E-state index in [0.29, 0.717) is 0 Å². The van der Waals surface area contributed by atoms with Crippen LogP contribution < -0.4 is 5.32 Å². The highest BCUT2D eigenvalue weighted by Crippen LogP contribution is 2.32. The van der Waals surface area contributed by atoms with Crippen LogP contribution in [0.4, 0.5) is 4.39 Å². The first-order valence-electron chi connectivity index (χ1n) is 7.45. The quantitative estimate of drug-likeness (QED) is 0.885. The minimum Gasteiger partial charge on any atom is -0.395 e. The SMILES string of the molecule is OC[C@H](Cc1ccccc1)NC1CCc2cc(F)ccc21. The zero-order chi connectivity index (χ0) is 14.7. The fourth-order valence-electron chi connectivity index (χ4n) is 3.12. The van der Waals surface area contributed by atoms with Crippen LogP contribution >= 0.6 is 0 Å². The standard InChI is InChI=1S/C18H20FNO/c19-15-7-8-17-14(11-15)6-9-18(17)20-16(12-21)10-13-4-2-1-3-5-13/h1-5,7-8,11,16,18,20-21H,6,9-10,12H2/t16-,18?/m0/s1. The van der Waals surface area contributed by atoms with Crippen molar-refractivity contribution in [2.24, 2.45) is 0 Å². The maximum absolute atomic E-state index is 13.2. The van der Waals surface area contributed by atoms with Gasteiger partial charge in [0.05, 0.1) is 6.61 Å². The van der Waals surface area contributed by atoms with E-state index in [4.69, 9.17) is 0 Å². The molecule has 0 aliphatic heterocycles. The van der Waals surface area contributed by atoms with Crippen molar-refractivity contribution in [1.29, 1.82) is 0 Å². The molecule has 1 aliphatic rings. The van der Waals surface area contributed by atoms with Gasteiger partial charge in [-0.2, -0.15) is 0 Å². The van der Waals surface area contributed by atoms with Gasteiger partial charge in [0.2, 0.25) is 0 Å². The molecule has 21 heavy (non-hydrogen) atoms. The molecule has 0 saturated carbocycles. The summed E-state index contributed by atoms with van der Waals surface area (Å²) in [5.74, 6) is -0.169. The number of rotatable bonds is 5. The van der Waals surface area contributed by atoms with E-state index in [1.54, 1.807) is 6.07 Å². The van der Waals surface area contributed by atoms with Crippen molar-refractivity contribution in [1.82, 2.24) is 5.32 Å². The molecule has 0 aromatic heterocycles. The van der Waals surface area contributed by atoms with E-state index in [-0.39, 0.29) is 24.5 Å². The fourth-order valence-corrected chi connectivity index (χ4v) is 3.12. The number of halogens is 1. The summed E-state index contributed by atoms with van der Waals surface area (Å²) < 4.78 is 13.2. The molecule has 110 valence electrons. The van der Waals surface area contributed by atoms with Crippen molar-refractivity contribution in [3.63, 3.8) is 0 Å². The van der Waals surface area contributed by atoms with E-state index in [1.165, 1.54) is 17.2 Å². The Morgan fingerprint density at radius 1 is 1.19 bits per heavy atom. The maximum atomic E-state index is 13.2. The van der Waals surface area contributed by atoms with Gasteiger partial charge in [-0.25, -0.2) is 4.39 Å². The number of aryl methyl sites for hydroxylation is 1. The average Bonchev–Trinajstić information content (AvgIpc) is 2.89. The number of nitrogens with one attached hydrogen (secondary N) is 1. The predicted octanol–water partition coefficient (Wildman–Crippen LogP) is 3.01. The summed E-state index contributed by atoms with van der Waals surface area (Å²) in [6.45, 7) is 0.0991. The lowest BCUT2D eigenvalue weighted by molar-refractivity contribution is 0.230. The molecule has 2 N–H and O–H groups in total. The van der Waals surface area contributed by atoms with Crippen LogP contribution in [0.3, 0.4) is 0 Å². The Balaban J connectivity index is 1.69. The first kappa shape index (κ1) is 14.2. The zero-order valence-corrected chi connectivity index (χ0v) is 11.9. The number of hydrogen-bond acceptors (Lipinski definition) is 2. The number of aliphatic hydroxyl groups excluding tert-OH is 1. The van der Waals surface area contributed by atoms with Gasteiger partial charge in [0.25, 0.3) is 0 Å². The molecule has 2 aromatic carbocycles. The molecule has 3 rings (SSSR count). The first-order valence-corrected chi connectivity index (χ1v) is 7.45. The van der Waals surface area contributed by atoms with Crippen LogP contribution in [0.15, 0.2) is 48.5 Å². The Labute approximate surface area is 124 Å². The predicted molar refractivity (Wildman–Crippen MR) is 81.6 cm³/mol. The number of aliphatic hydroxyl groups is 1. The van der Waals surface area contributed by atoms with Gasteiger partial charge in [0.1, 0.15) is 5.82 Å². The Hall–Kier alpha value is -1.71. The van der Waals surface area contributed by atoms with Crippen LogP contribution in [-0.4, -0.2) is 17.8 Å². The van der Waals surface area contributed by atoms with Crippen molar-refractivity contribution >= 4 is 0 Å². The van der Waals surface area contributed by atoms with Crippen LogP contribution in [0.5, 0.6) is 0 Å². The molecule has 0 saturated heterocycles. The molecular formula is C18H20FNO. The molecule has 2 atom stereocenters. The molecule has 1 aliphatic carbocycles. The van der Waals surface area contributed by atoms with E-state index in [9.17, 15) is 9.50 Å². The highest BCUT2D eigenvalue weighted by molar-refractivity contribution is 5.35. The van der Waals surface area contributed by atoms with Crippen molar-refractivity contribution in [3.05, 3.63) is 71.0 Å². The monoisotopic (exact) mass is 285 g/mol. The van der Waals surface area contributed by atoms with Gasteiger partial charge < -0.3 is 10.4 Å². The van der Waals surface area contributed by atoms with Gasteiger partial charge in [-0.05, 0) is 48.1 Å². The van der Waals surface area contributed by atoms with Gasteiger partial charge in [-0.3, -0.25) is 0 Å². The summed E-state index contributed by atoms with van der Waals surface area (Å²) in [6.07, 6.45) is 2.66. The lowest BCUT2D eigenvalue weighted by atomic mass is 10.0. The van der Waals surface area contributed by atoms with Crippen molar-refractivity contribution in [2.45, 2.75) is 31.3 Å². The number of hydrogen-bond donors (Lipinski definition) is 2. The second-order valence-electron chi connectivity index (χ2n) is 5.67. The normalized spacial score (nSPS) is 18.5. The second-order valence-corrected chi connectivity index (χ2v) is 5.67. The van der Waals surface area contributed by atoms with E-state index in [0.717, 1.165) is 24.8 Å². The lowest BCUT2D eigenvalue weighted by Gasteiger charge is -2.22. The molecule has 0 heterocycles. The summed E-state index contributed by atoms with van der Waals surface area (Å²) >= 11 is 0. The third-order valence-corrected chi connectivity index (χ3v) is 4.16. The van der Waals surface area contributed by atoms with E-state index < -0.39 is 0 Å². The number of fused-ring (bicyclic) bond motifs is 1. The van der Waals surface area contributed by atoms with Crippen molar-refractivity contribution in [2.75, 3.05) is 6.61 Å². The van der Waals surface area contributed by atoms with Crippen LogP contribution in [0.1, 0.15) is 29.2 Å². The topological polar surface area (TPSA) is 32.3 Å². The molecular weight excluding hydrogens is 265 g/mol. The molecule has 0 bridgehead atoms. The average molecular weight is 285 g/mol. The largest absolute Gasteiger partial charge is 0.395 e. The van der Waals surface area contributed by atoms with Gasteiger partial charge >= 0.3 is 0 Å². The second kappa shape index (κ2) is 6.37.